The number of tetrazole rings is 1. The van der Waals surface area contributed by atoms with Gasteiger partial charge in [-0.2, -0.15) is 9.36 Å². The lowest BCUT2D eigenvalue weighted by Crippen LogP contribution is -2.25. The summed E-state index contributed by atoms with van der Waals surface area (Å²) >= 11 is 12.7. The molecule has 9 nitrogen and oxygen atoms in total. The van der Waals surface area contributed by atoms with Gasteiger partial charge in [0.1, 0.15) is 5.56 Å². The number of ketones is 1. The molecule has 0 bridgehead atoms. The maximum absolute atomic E-state index is 12.8. The van der Waals surface area contributed by atoms with Crippen LogP contribution in [-0.4, -0.2) is 35.4 Å². The number of H-pyrrole nitrogens is 1. The zero-order valence-corrected chi connectivity index (χ0v) is 16.4. The molecular formula is C17H16Cl2N6O3. The summed E-state index contributed by atoms with van der Waals surface area (Å²) in [4.78, 5) is 37.5. The monoisotopic (exact) mass is 422 g/mol. The van der Waals surface area contributed by atoms with Crippen molar-refractivity contribution in [3.63, 3.8) is 0 Å². The van der Waals surface area contributed by atoms with Crippen molar-refractivity contribution < 1.29 is 4.79 Å². The highest BCUT2D eigenvalue weighted by molar-refractivity contribution is 6.38. The first-order valence-corrected chi connectivity index (χ1v) is 9.50. The van der Waals surface area contributed by atoms with E-state index < -0.39 is 11.3 Å². The fraction of sp³-hybridized carbons (Fsp3) is 0.353. The molecule has 0 unspecified atom stereocenters. The second-order valence-corrected chi connectivity index (χ2v) is 7.33. The topological polar surface area (TPSA) is 108 Å². The minimum Gasteiger partial charge on any atom is -0.302 e. The predicted octanol–water partition coefficient (Wildman–Crippen LogP) is 1.87. The third-order valence-corrected chi connectivity index (χ3v) is 5.48. The Balaban J connectivity index is 1.71. The SMILES string of the molecule is CCn1[nH]cc(C(=O)c2ccc(Cl)c(Cn3nnn(C4CC4)c3=O)c2Cl)c1=O. The maximum Gasteiger partial charge on any atom is 0.364 e. The summed E-state index contributed by atoms with van der Waals surface area (Å²) in [5.41, 5.74) is -0.311. The number of aromatic amines is 1. The summed E-state index contributed by atoms with van der Waals surface area (Å²) in [6, 6.07) is 3.06. The lowest BCUT2D eigenvalue weighted by atomic mass is 10.0. The third-order valence-electron chi connectivity index (χ3n) is 4.69. The van der Waals surface area contributed by atoms with Crippen molar-refractivity contribution in [1.82, 2.24) is 29.6 Å². The quantitative estimate of drug-likeness (QED) is 0.609. The summed E-state index contributed by atoms with van der Waals surface area (Å²) in [5, 5.41) is 10.8. The summed E-state index contributed by atoms with van der Waals surface area (Å²) in [6.07, 6.45) is 3.15. The van der Waals surface area contributed by atoms with Gasteiger partial charge < -0.3 is 5.10 Å². The number of aromatic nitrogens is 6. The molecule has 28 heavy (non-hydrogen) atoms. The van der Waals surface area contributed by atoms with Crippen LogP contribution >= 0.6 is 23.2 Å². The molecule has 1 aromatic carbocycles. The summed E-state index contributed by atoms with van der Waals surface area (Å²) in [6.45, 7) is 2.16. The van der Waals surface area contributed by atoms with Crippen molar-refractivity contribution in [2.75, 3.05) is 0 Å². The number of hydrogen-bond donors (Lipinski definition) is 1. The molecule has 0 spiro atoms. The molecular weight excluding hydrogens is 407 g/mol. The number of rotatable bonds is 6. The lowest BCUT2D eigenvalue weighted by molar-refractivity contribution is 0.103. The van der Waals surface area contributed by atoms with E-state index in [-0.39, 0.29) is 39.4 Å². The van der Waals surface area contributed by atoms with Crippen molar-refractivity contribution in [2.45, 2.75) is 38.9 Å². The van der Waals surface area contributed by atoms with Gasteiger partial charge in [-0.25, -0.2) is 4.79 Å². The van der Waals surface area contributed by atoms with Crippen molar-refractivity contribution in [1.29, 1.82) is 0 Å². The Bertz CT molecular complexity index is 1180. The summed E-state index contributed by atoms with van der Waals surface area (Å²) < 4.78 is 3.80. The molecule has 3 aromatic rings. The van der Waals surface area contributed by atoms with Crippen LogP contribution in [0, 0.1) is 0 Å². The smallest absolute Gasteiger partial charge is 0.302 e. The first-order chi connectivity index (χ1) is 13.4. The van der Waals surface area contributed by atoms with Crippen molar-refractivity contribution in [2.24, 2.45) is 0 Å². The van der Waals surface area contributed by atoms with Gasteiger partial charge in [-0.1, -0.05) is 23.2 Å². The molecule has 1 N–H and O–H groups in total. The molecule has 1 aliphatic rings. The van der Waals surface area contributed by atoms with Crippen LogP contribution in [0.4, 0.5) is 0 Å². The number of halogens is 2. The Kier molecular flexibility index (Phi) is 4.72. The molecule has 0 amide bonds. The summed E-state index contributed by atoms with van der Waals surface area (Å²) in [7, 11) is 0. The highest BCUT2D eigenvalue weighted by Crippen LogP contribution is 2.33. The number of benzene rings is 1. The van der Waals surface area contributed by atoms with Gasteiger partial charge in [0, 0.05) is 28.9 Å². The average molecular weight is 423 g/mol. The third kappa shape index (κ3) is 3.10. The van der Waals surface area contributed by atoms with Crippen molar-refractivity contribution in [3.05, 3.63) is 65.9 Å². The van der Waals surface area contributed by atoms with Crippen LogP contribution in [-0.2, 0) is 13.1 Å². The van der Waals surface area contributed by atoms with Crippen molar-refractivity contribution in [3.8, 4) is 0 Å². The Labute approximate surface area is 168 Å². The van der Waals surface area contributed by atoms with Gasteiger partial charge in [0.15, 0.2) is 0 Å². The molecule has 11 heteroatoms. The van der Waals surface area contributed by atoms with Crippen LogP contribution in [0.2, 0.25) is 10.0 Å². The van der Waals surface area contributed by atoms with Gasteiger partial charge in [0.05, 0.1) is 17.6 Å². The van der Waals surface area contributed by atoms with Crippen molar-refractivity contribution >= 4 is 29.0 Å². The van der Waals surface area contributed by atoms with Gasteiger partial charge >= 0.3 is 5.69 Å². The largest absolute Gasteiger partial charge is 0.364 e. The number of carbonyl (C=O) groups excluding carboxylic acids is 1. The molecule has 1 fully saturated rings. The van der Waals surface area contributed by atoms with Crippen LogP contribution in [0.25, 0.3) is 0 Å². The normalized spacial score (nSPS) is 13.8. The van der Waals surface area contributed by atoms with Gasteiger partial charge in [0.2, 0.25) is 5.78 Å². The Morgan fingerprint density at radius 1 is 1.21 bits per heavy atom. The van der Waals surface area contributed by atoms with E-state index in [1.54, 1.807) is 6.92 Å². The zero-order chi connectivity index (χ0) is 20.0. The standard InChI is InChI=1S/C17H16Cl2N6O3/c1-2-23-16(27)11(7-20-23)15(26)10-5-6-13(18)12(14(10)19)8-24-17(28)25(22-21-24)9-3-4-9/h5-7,9,20H,2-4,8H2,1H3. The second-order valence-electron chi connectivity index (χ2n) is 6.55. The molecule has 2 heterocycles. The molecule has 146 valence electrons. The summed E-state index contributed by atoms with van der Waals surface area (Å²) in [5.74, 6) is -0.523. The highest BCUT2D eigenvalue weighted by Gasteiger charge is 2.28. The van der Waals surface area contributed by atoms with E-state index >= 15 is 0 Å². The first kappa shape index (κ1) is 18.7. The number of carbonyl (C=O) groups is 1. The lowest BCUT2D eigenvalue weighted by Gasteiger charge is -2.10. The molecule has 0 radical (unpaired) electrons. The first-order valence-electron chi connectivity index (χ1n) is 8.74. The molecule has 0 aliphatic heterocycles. The minimum atomic E-state index is -0.523. The van der Waals surface area contributed by atoms with E-state index in [1.165, 1.54) is 27.7 Å². The van der Waals surface area contributed by atoms with Crippen LogP contribution in [0.5, 0.6) is 0 Å². The van der Waals surface area contributed by atoms with E-state index in [0.29, 0.717) is 12.1 Å². The fourth-order valence-corrected chi connectivity index (χ4v) is 3.53. The van der Waals surface area contributed by atoms with E-state index in [1.807, 2.05) is 0 Å². The number of hydrogen-bond acceptors (Lipinski definition) is 5. The second kappa shape index (κ2) is 7.06. The molecule has 4 rings (SSSR count). The van der Waals surface area contributed by atoms with E-state index in [0.717, 1.165) is 17.5 Å². The number of aryl methyl sites for hydroxylation is 1. The van der Waals surface area contributed by atoms with E-state index in [9.17, 15) is 14.4 Å². The molecule has 2 aromatic heterocycles. The zero-order valence-electron chi connectivity index (χ0n) is 14.9. The number of nitrogens with zero attached hydrogens (tertiary/aromatic N) is 5. The van der Waals surface area contributed by atoms with E-state index in [4.69, 9.17) is 23.2 Å². The number of nitrogens with one attached hydrogen (secondary N) is 1. The van der Waals surface area contributed by atoms with Gasteiger partial charge in [-0.05, 0) is 42.3 Å². The fourth-order valence-electron chi connectivity index (χ4n) is 2.95. The Morgan fingerprint density at radius 2 is 1.96 bits per heavy atom. The molecule has 1 aliphatic carbocycles. The molecule has 0 saturated heterocycles. The van der Waals surface area contributed by atoms with Crippen LogP contribution < -0.4 is 11.2 Å². The maximum atomic E-state index is 12.8. The minimum absolute atomic E-state index is 0.0196. The van der Waals surface area contributed by atoms with Gasteiger partial charge in [-0.15, -0.1) is 0 Å². The van der Waals surface area contributed by atoms with Crippen LogP contribution in [0.1, 0.15) is 47.3 Å². The average Bonchev–Trinajstić information content (AvgIpc) is 3.35. The van der Waals surface area contributed by atoms with Gasteiger partial charge in [-0.3, -0.25) is 14.3 Å². The Hall–Kier alpha value is -2.65. The highest BCUT2D eigenvalue weighted by atomic mass is 35.5. The predicted molar refractivity (Wildman–Crippen MR) is 102 cm³/mol. The Morgan fingerprint density at radius 3 is 2.61 bits per heavy atom. The molecule has 1 saturated carbocycles. The van der Waals surface area contributed by atoms with E-state index in [2.05, 4.69) is 15.5 Å². The van der Waals surface area contributed by atoms with Crippen LogP contribution in [0.3, 0.4) is 0 Å². The van der Waals surface area contributed by atoms with Crippen LogP contribution in [0.15, 0.2) is 27.9 Å². The van der Waals surface area contributed by atoms with Gasteiger partial charge in [0.25, 0.3) is 5.56 Å². The molecule has 0 atom stereocenters.